The van der Waals surface area contributed by atoms with Crippen molar-refractivity contribution in [3.05, 3.63) is 23.7 Å². The van der Waals surface area contributed by atoms with Crippen LogP contribution in [0.15, 0.2) is 16.5 Å². The molecule has 2 rings (SSSR count). The molecule has 2 aromatic rings. The van der Waals surface area contributed by atoms with E-state index in [0.717, 1.165) is 5.69 Å². The number of fused-ring (bicyclic) bond motifs is 1. The van der Waals surface area contributed by atoms with E-state index in [0.29, 0.717) is 30.1 Å². The van der Waals surface area contributed by atoms with E-state index in [1.165, 1.54) is 0 Å². The Kier molecular flexibility index (Phi) is 3.17. The minimum atomic E-state index is -0.241. The van der Waals surface area contributed by atoms with E-state index in [1.54, 1.807) is 7.11 Å². The summed E-state index contributed by atoms with van der Waals surface area (Å²) in [4.78, 5) is 8.54. The van der Waals surface area contributed by atoms with Gasteiger partial charge in [-0.25, -0.2) is 4.98 Å². The molecular formula is C11H15N3O2. The number of aryl methyl sites for hydroxylation is 1. The molecule has 5 heteroatoms. The normalized spacial score (nSPS) is 13.2. The van der Waals surface area contributed by atoms with Crippen molar-refractivity contribution in [3.63, 3.8) is 0 Å². The number of aromatic nitrogens is 2. The summed E-state index contributed by atoms with van der Waals surface area (Å²) in [6, 6.07) is 3.50. The molecule has 0 aliphatic carbocycles. The molecule has 0 radical (unpaired) electrons. The van der Waals surface area contributed by atoms with Crippen molar-refractivity contribution in [2.75, 3.05) is 13.7 Å². The number of methoxy groups -OCH3 is 1. The smallest absolute Gasteiger partial charge is 0.214 e. The van der Waals surface area contributed by atoms with Gasteiger partial charge in [0.05, 0.1) is 6.04 Å². The third-order valence-electron chi connectivity index (χ3n) is 2.36. The lowest BCUT2D eigenvalue weighted by Gasteiger charge is -2.04. The molecule has 0 aliphatic rings. The van der Waals surface area contributed by atoms with Gasteiger partial charge in [-0.1, -0.05) is 0 Å². The quantitative estimate of drug-likeness (QED) is 0.848. The topological polar surface area (TPSA) is 74.2 Å². The number of hydrogen-bond donors (Lipinski definition) is 1. The van der Waals surface area contributed by atoms with Gasteiger partial charge in [-0.2, -0.15) is 4.98 Å². The van der Waals surface area contributed by atoms with Crippen LogP contribution in [0.25, 0.3) is 11.2 Å². The van der Waals surface area contributed by atoms with Gasteiger partial charge in [0.15, 0.2) is 11.2 Å². The third kappa shape index (κ3) is 2.20. The molecule has 2 heterocycles. The molecule has 0 amide bonds. The predicted molar refractivity (Wildman–Crippen MR) is 60.0 cm³/mol. The van der Waals surface area contributed by atoms with Crippen LogP contribution in [-0.4, -0.2) is 23.7 Å². The Bertz CT molecular complexity index is 481. The maximum Gasteiger partial charge on any atom is 0.214 e. The summed E-state index contributed by atoms with van der Waals surface area (Å²) in [5.41, 5.74) is 8.12. The molecule has 0 aromatic carbocycles. The van der Waals surface area contributed by atoms with Crippen molar-refractivity contribution < 1.29 is 9.15 Å². The number of nitrogens with zero attached hydrogens (tertiary/aromatic N) is 2. The van der Waals surface area contributed by atoms with Gasteiger partial charge in [-0.15, -0.1) is 0 Å². The van der Waals surface area contributed by atoms with Crippen LogP contribution in [0.1, 0.15) is 24.0 Å². The SMILES string of the molecule is COCCC(N)c1nc2nc(C)ccc2o1. The van der Waals surface area contributed by atoms with Crippen LogP contribution in [-0.2, 0) is 4.74 Å². The molecule has 2 aromatic heterocycles. The minimum Gasteiger partial charge on any atom is -0.437 e. The Morgan fingerprint density at radius 3 is 3.00 bits per heavy atom. The van der Waals surface area contributed by atoms with Crippen LogP contribution in [0.4, 0.5) is 0 Å². The van der Waals surface area contributed by atoms with Crippen LogP contribution < -0.4 is 5.73 Å². The summed E-state index contributed by atoms with van der Waals surface area (Å²) < 4.78 is 10.5. The highest BCUT2D eigenvalue weighted by Crippen LogP contribution is 2.19. The second kappa shape index (κ2) is 4.59. The van der Waals surface area contributed by atoms with Crippen molar-refractivity contribution in [2.45, 2.75) is 19.4 Å². The summed E-state index contributed by atoms with van der Waals surface area (Å²) in [5, 5.41) is 0. The van der Waals surface area contributed by atoms with Gasteiger partial charge < -0.3 is 14.9 Å². The zero-order valence-corrected chi connectivity index (χ0v) is 9.43. The van der Waals surface area contributed by atoms with Crippen molar-refractivity contribution in [3.8, 4) is 0 Å². The van der Waals surface area contributed by atoms with Crippen LogP contribution >= 0.6 is 0 Å². The van der Waals surface area contributed by atoms with Gasteiger partial charge in [0.25, 0.3) is 0 Å². The van der Waals surface area contributed by atoms with Crippen LogP contribution in [0.5, 0.6) is 0 Å². The van der Waals surface area contributed by atoms with Gasteiger partial charge in [0.2, 0.25) is 5.89 Å². The standard InChI is InChI=1S/C11H15N3O2/c1-7-3-4-9-10(13-7)14-11(16-9)8(12)5-6-15-2/h3-4,8H,5-6,12H2,1-2H3. The largest absolute Gasteiger partial charge is 0.437 e. The minimum absolute atomic E-state index is 0.241. The molecule has 0 fully saturated rings. The first-order chi connectivity index (χ1) is 7.70. The third-order valence-corrected chi connectivity index (χ3v) is 2.36. The van der Waals surface area contributed by atoms with Crippen LogP contribution in [0.2, 0.25) is 0 Å². The molecule has 0 spiro atoms. The van der Waals surface area contributed by atoms with Gasteiger partial charge in [-0.3, -0.25) is 0 Å². The Balaban J connectivity index is 2.25. The molecule has 0 bridgehead atoms. The lowest BCUT2D eigenvalue weighted by molar-refractivity contribution is 0.184. The number of rotatable bonds is 4. The first-order valence-corrected chi connectivity index (χ1v) is 5.19. The maximum atomic E-state index is 5.92. The zero-order valence-electron chi connectivity index (χ0n) is 9.43. The number of nitrogens with two attached hydrogens (primary N) is 1. The fourth-order valence-corrected chi connectivity index (χ4v) is 1.46. The average molecular weight is 221 g/mol. The van der Waals surface area contributed by atoms with Crippen molar-refractivity contribution in [1.29, 1.82) is 0 Å². The lowest BCUT2D eigenvalue weighted by atomic mass is 10.2. The van der Waals surface area contributed by atoms with Crippen LogP contribution in [0, 0.1) is 6.92 Å². The summed E-state index contributed by atoms with van der Waals surface area (Å²) in [6.45, 7) is 2.50. The summed E-state index contributed by atoms with van der Waals surface area (Å²) in [5.74, 6) is 0.519. The molecule has 1 unspecified atom stereocenters. The highest BCUT2D eigenvalue weighted by atomic mass is 16.5. The molecule has 0 saturated heterocycles. The average Bonchev–Trinajstić information content (AvgIpc) is 2.68. The van der Waals surface area contributed by atoms with Gasteiger partial charge in [0.1, 0.15) is 0 Å². The van der Waals surface area contributed by atoms with E-state index in [1.807, 2.05) is 19.1 Å². The van der Waals surface area contributed by atoms with Crippen LogP contribution in [0.3, 0.4) is 0 Å². The first kappa shape index (κ1) is 11.0. The maximum absolute atomic E-state index is 5.92. The monoisotopic (exact) mass is 221 g/mol. The molecule has 16 heavy (non-hydrogen) atoms. The number of oxazole rings is 1. The molecule has 5 nitrogen and oxygen atoms in total. The fourth-order valence-electron chi connectivity index (χ4n) is 1.46. The van der Waals surface area contributed by atoms with E-state index in [4.69, 9.17) is 14.9 Å². The Labute approximate surface area is 93.6 Å². The Morgan fingerprint density at radius 1 is 1.44 bits per heavy atom. The van der Waals surface area contributed by atoms with E-state index >= 15 is 0 Å². The predicted octanol–water partition coefficient (Wildman–Crippen LogP) is 1.57. The van der Waals surface area contributed by atoms with E-state index < -0.39 is 0 Å². The summed E-state index contributed by atoms with van der Waals surface area (Å²) in [6.07, 6.45) is 0.683. The number of hydrogen-bond acceptors (Lipinski definition) is 5. The first-order valence-electron chi connectivity index (χ1n) is 5.19. The molecule has 0 aliphatic heterocycles. The van der Waals surface area contributed by atoms with Gasteiger partial charge in [-0.05, 0) is 25.5 Å². The summed E-state index contributed by atoms with van der Waals surface area (Å²) >= 11 is 0. The van der Waals surface area contributed by atoms with E-state index in [2.05, 4.69) is 9.97 Å². The van der Waals surface area contributed by atoms with E-state index in [9.17, 15) is 0 Å². The highest BCUT2D eigenvalue weighted by Gasteiger charge is 2.14. The molecule has 86 valence electrons. The van der Waals surface area contributed by atoms with E-state index in [-0.39, 0.29) is 6.04 Å². The number of ether oxygens (including phenoxy) is 1. The second-order valence-electron chi connectivity index (χ2n) is 3.71. The highest BCUT2D eigenvalue weighted by molar-refractivity contribution is 5.67. The molecule has 2 N–H and O–H groups in total. The molecule has 1 atom stereocenters. The molecule has 0 saturated carbocycles. The number of pyridine rings is 1. The van der Waals surface area contributed by atoms with Crippen molar-refractivity contribution >= 4 is 11.2 Å². The molecular weight excluding hydrogens is 206 g/mol. The zero-order chi connectivity index (χ0) is 11.5. The second-order valence-corrected chi connectivity index (χ2v) is 3.71. The Morgan fingerprint density at radius 2 is 2.25 bits per heavy atom. The lowest BCUT2D eigenvalue weighted by Crippen LogP contribution is -2.12. The Hall–Kier alpha value is -1.46. The summed E-state index contributed by atoms with van der Waals surface area (Å²) in [7, 11) is 1.64. The van der Waals surface area contributed by atoms with Crippen molar-refractivity contribution in [1.82, 2.24) is 9.97 Å². The van der Waals surface area contributed by atoms with Gasteiger partial charge >= 0.3 is 0 Å². The van der Waals surface area contributed by atoms with Gasteiger partial charge in [0, 0.05) is 19.4 Å². The fraction of sp³-hybridized carbons (Fsp3) is 0.455. The van der Waals surface area contributed by atoms with Crippen molar-refractivity contribution in [2.24, 2.45) is 5.73 Å².